The molecule has 23 heavy (non-hydrogen) atoms. The van der Waals surface area contributed by atoms with Crippen molar-refractivity contribution < 1.29 is 17.7 Å². The molecule has 1 atom stereocenters. The molecule has 0 spiro atoms. The molecule has 0 saturated heterocycles. The van der Waals surface area contributed by atoms with Gasteiger partial charge in [0.2, 0.25) is 15.9 Å². The first-order valence-electron chi connectivity index (χ1n) is 6.94. The minimum Gasteiger partial charge on any atom is -0.377 e. The van der Waals surface area contributed by atoms with E-state index < -0.39 is 16.1 Å². The molecular weight excluding hydrogens is 338 g/mol. The molecule has 9 heteroatoms. The summed E-state index contributed by atoms with van der Waals surface area (Å²) < 4.78 is 37.7. The van der Waals surface area contributed by atoms with Crippen LogP contribution >= 0.6 is 11.8 Å². The van der Waals surface area contributed by atoms with Gasteiger partial charge in [0.1, 0.15) is 12.6 Å². The number of ether oxygens (including phenoxy) is 1. The van der Waals surface area contributed by atoms with Gasteiger partial charge in [0.05, 0.1) is 4.90 Å². The average molecular weight is 357 g/mol. The molecule has 0 aliphatic carbocycles. The van der Waals surface area contributed by atoms with Crippen molar-refractivity contribution in [3.63, 3.8) is 0 Å². The summed E-state index contributed by atoms with van der Waals surface area (Å²) in [5, 5.41) is 3.78. The van der Waals surface area contributed by atoms with Crippen LogP contribution in [0.15, 0.2) is 39.8 Å². The van der Waals surface area contributed by atoms with Crippen molar-refractivity contribution >= 4 is 21.8 Å². The maximum absolute atomic E-state index is 12.5. The highest BCUT2D eigenvalue weighted by Crippen LogP contribution is 2.21. The standard InChI is InChI=1S/C14H19N3O4S2/c1-20-10-13-15-14(21-16-13)12(8-9-22-2)17-23(18,19)11-6-4-3-5-7-11/h3-7,12,17H,8-10H2,1-2H3. The van der Waals surface area contributed by atoms with Gasteiger partial charge < -0.3 is 9.26 Å². The average Bonchev–Trinajstić information content (AvgIpc) is 3.01. The van der Waals surface area contributed by atoms with Gasteiger partial charge in [-0.1, -0.05) is 23.4 Å². The van der Waals surface area contributed by atoms with E-state index in [-0.39, 0.29) is 17.4 Å². The lowest BCUT2D eigenvalue weighted by molar-refractivity contribution is 0.174. The lowest BCUT2D eigenvalue weighted by Crippen LogP contribution is -2.29. The lowest BCUT2D eigenvalue weighted by Gasteiger charge is -2.14. The summed E-state index contributed by atoms with van der Waals surface area (Å²) in [7, 11) is -2.13. The summed E-state index contributed by atoms with van der Waals surface area (Å²) in [6.07, 6.45) is 2.49. The molecule has 7 nitrogen and oxygen atoms in total. The van der Waals surface area contributed by atoms with Crippen molar-refractivity contribution in [3.05, 3.63) is 42.0 Å². The molecule has 1 aromatic carbocycles. The second-order valence-corrected chi connectivity index (χ2v) is 7.45. The number of hydrogen-bond acceptors (Lipinski definition) is 7. The third kappa shape index (κ3) is 5.03. The van der Waals surface area contributed by atoms with Gasteiger partial charge in [-0.3, -0.25) is 0 Å². The zero-order valence-electron chi connectivity index (χ0n) is 12.9. The lowest BCUT2D eigenvalue weighted by atomic mass is 10.2. The maximum atomic E-state index is 12.5. The Balaban J connectivity index is 2.21. The third-order valence-electron chi connectivity index (χ3n) is 3.02. The Labute approximate surface area is 139 Å². The van der Waals surface area contributed by atoms with Crippen LogP contribution in [-0.4, -0.2) is 37.7 Å². The zero-order chi connectivity index (χ0) is 16.7. The van der Waals surface area contributed by atoms with E-state index in [4.69, 9.17) is 9.26 Å². The van der Waals surface area contributed by atoms with Crippen LogP contribution in [0.5, 0.6) is 0 Å². The van der Waals surface area contributed by atoms with Crippen molar-refractivity contribution in [2.45, 2.75) is 24.0 Å². The predicted molar refractivity (Wildman–Crippen MR) is 87.5 cm³/mol. The van der Waals surface area contributed by atoms with Crippen LogP contribution in [0.2, 0.25) is 0 Å². The summed E-state index contributed by atoms with van der Waals surface area (Å²) in [6.45, 7) is 0.212. The van der Waals surface area contributed by atoms with Gasteiger partial charge in [0.25, 0.3) is 0 Å². The monoisotopic (exact) mass is 357 g/mol. The van der Waals surface area contributed by atoms with Crippen LogP contribution in [0.3, 0.4) is 0 Å². The van der Waals surface area contributed by atoms with Crippen molar-refractivity contribution in [2.24, 2.45) is 0 Å². The van der Waals surface area contributed by atoms with E-state index in [0.29, 0.717) is 12.2 Å². The number of methoxy groups -OCH3 is 1. The van der Waals surface area contributed by atoms with E-state index in [2.05, 4.69) is 14.9 Å². The Morgan fingerprint density at radius 2 is 2.09 bits per heavy atom. The van der Waals surface area contributed by atoms with Crippen molar-refractivity contribution in [1.29, 1.82) is 0 Å². The van der Waals surface area contributed by atoms with E-state index >= 15 is 0 Å². The summed E-state index contributed by atoms with van der Waals surface area (Å²) in [6, 6.07) is 7.62. The van der Waals surface area contributed by atoms with Crippen LogP contribution in [0.4, 0.5) is 0 Å². The molecule has 1 N–H and O–H groups in total. The van der Waals surface area contributed by atoms with Gasteiger partial charge in [0.15, 0.2) is 5.82 Å². The molecule has 2 rings (SSSR count). The van der Waals surface area contributed by atoms with Crippen LogP contribution in [0.25, 0.3) is 0 Å². The molecule has 0 fully saturated rings. The first-order valence-corrected chi connectivity index (χ1v) is 9.82. The van der Waals surface area contributed by atoms with Crippen LogP contribution in [0.1, 0.15) is 24.2 Å². The largest absolute Gasteiger partial charge is 0.377 e. The maximum Gasteiger partial charge on any atom is 0.244 e. The molecule has 0 bridgehead atoms. The fraction of sp³-hybridized carbons (Fsp3) is 0.429. The quantitative estimate of drug-likeness (QED) is 0.733. The Kier molecular flexibility index (Phi) is 6.58. The first-order chi connectivity index (χ1) is 11.1. The van der Waals surface area contributed by atoms with Gasteiger partial charge in [-0.15, -0.1) is 0 Å². The van der Waals surface area contributed by atoms with Crippen molar-refractivity contribution in [3.8, 4) is 0 Å². The number of nitrogens with zero attached hydrogens (tertiary/aromatic N) is 2. The number of sulfonamides is 1. The topological polar surface area (TPSA) is 94.3 Å². The molecule has 126 valence electrons. The van der Waals surface area contributed by atoms with Crippen LogP contribution in [-0.2, 0) is 21.4 Å². The van der Waals surface area contributed by atoms with Crippen molar-refractivity contribution in [1.82, 2.24) is 14.9 Å². The molecule has 0 saturated carbocycles. The smallest absolute Gasteiger partial charge is 0.244 e. The number of hydrogen-bond donors (Lipinski definition) is 1. The number of thioether (sulfide) groups is 1. The van der Waals surface area contributed by atoms with Gasteiger partial charge in [-0.25, -0.2) is 8.42 Å². The summed E-state index contributed by atoms with van der Waals surface area (Å²) in [4.78, 5) is 4.39. The molecule has 1 aromatic heterocycles. The Hall–Kier alpha value is -1.42. The highest BCUT2D eigenvalue weighted by Gasteiger charge is 2.25. The van der Waals surface area contributed by atoms with Gasteiger partial charge in [-0.2, -0.15) is 21.5 Å². The molecule has 1 unspecified atom stereocenters. The fourth-order valence-electron chi connectivity index (χ4n) is 1.92. The van der Waals surface area contributed by atoms with Crippen LogP contribution in [0, 0.1) is 0 Å². The van der Waals surface area contributed by atoms with Crippen molar-refractivity contribution in [2.75, 3.05) is 19.1 Å². The number of aromatic nitrogens is 2. The zero-order valence-corrected chi connectivity index (χ0v) is 14.6. The van der Waals surface area contributed by atoms with E-state index in [1.54, 1.807) is 30.0 Å². The Morgan fingerprint density at radius 3 is 2.74 bits per heavy atom. The second kappa shape index (κ2) is 8.44. The summed E-state index contributed by atoms with van der Waals surface area (Å²) >= 11 is 1.61. The Bertz CT molecular complexity index is 704. The highest BCUT2D eigenvalue weighted by molar-refractivity contribution is 7.98. The normalized spacial score (nSPS) is 13.1. The Morgan fingerprint density at radius 1 is 1.35 bits per heavy atom. The van der Waals surface area contributed by atoms with E-state index in [1.807, 2.05) is 6.26 Å². The molecule has 0 radical (unpaired) electrons. The number of nitrogens with one attached hydrogen (secondary N) is 1. The van der Waals surface area contributed by atoms with E-state index in [1.165, 1.54) is 19.2 Å². The summed E-state index contributed by atoms with van der Waals surface area (Å²) in [5.74, 6) is 1.38. The minimum atomic E-state index is -3.66. The van der Waals surface area contributed by atoms with Crippen LogP contribution < -0.4 is 4.72 Å². The molecule has 0 amide bonds. The molecule has 1 heterocycles. The first kappa shape index (κ1) is 17.9. The predicted octanol–water partition coefficient (Wildman–Crippen LogP) is 1.99. The third-order valence-corrected chi connectivity index (χ3v) is 5.15. The molecular formula is C14H19N3O4S2. The number of benzene rings is 1. The highest BCUT2D eigenvalue weighted by atomic mass is 32.2. The summed E-state index contributed by atoms with van der Waals surface area (Å²) in [5.41, 5.74) is 0. The van der Waals surface area contributed by atoms with E-state index in [9.17, 15) is 8.42 Å². The SMILES string of the molecule is COCc1noc(C(CCSC)NS(=O)(=O)c2ccccc2)n1. The van der Waals surface area contributed by atoms with Gasteiger partial charge in [0, 0.05) is 7.11 Å². The van der Waals surface area contributed by atoms with Gasteiger partial charge >= 0.3 is 0 Å². The van der Waals surface area contributed by atoms with E-state index in [0.717, 1.165) is 5.75 Å². The van der Waals surface area contributed by atoms with Gasteiger partial charge in [-0.05, 0) is 30.6 Å². The fourth-order valence-corrected chi connectivity index (χ4v) is 3.64. The molecule has 2 aromatic rings. The second-order valence-electron chi connectivity index (χ2n) is 4.75. The molecule has 0 aliphatic rings. The minimum absolute atomic E-state index is 0.200. The molecule has 0 aliphatic heterocycles. The number of rotatable bonds is 9.